The van der Waals surface area contributed by atoms with E-state index in [9.17, 15) is 17.6 Å². The standard InChI is InChI=1S/C11H14FNO4S/c1-7(2)10(11(14)15)13-18(16,17)9-6-4-3-5-8(9)12/h3-7,10,13H,1-2H3,(H,14,15)/t10-/m1/s1. The molecule has 7 heteroatoms. The highest BCUT2D eigenvalue weighted by molar-refractivity contribution is 7.89. The van der Waals surface area contributed by atoms with Crippen molar-refractivity contribution in [3.8, 4) is 0 Å². The molecule has 5 nitrogen and oxygen atoms in total. The van der Waals surface area contributed by atoms with E-state index >= 15 is 0 Å². The Morgan fingerprint density at radius 2 is 1.89 bits per heavy atom. The van der Waals surface area contributed by atoms with E-state index in [0.29, 0.717) is 0 Å². The fraction of sp³-hybridized carbons (Fsp3) is 0.364. The lowest BCUT2D eigenvalue weighted by Gasteiger charge is -2.18. The average molecular weight is 275 g/mol. The molecule has 0 radical (unpaired) electrons. The molecule has 1 atom stereocenters. The minimum atomic E-state index is -4.19. The molecule has 0 aliphatic heterocycles. The highest BCUT2D eigenvalue weighted by Gasteiger charge is 2.29. The van der Waals surface area contributed by atoms with Crippen LogP contribution in [0.4, 0.5) is 4.39 Å². The number of hydrogen-bond donors (Lipinski definition) is 2. The molecule has 0 aliphatic rings. The highest BCUT2D eigenvalue weighted by Crippen LogP contribution is 2.15. The summed E-state index contributed by atoms with van der Waals surface area (Å²) in [7, 11) is -4.19. The van der Waals surface area contributed by atoms with Gasteiger partial charge in [0.2, 0.25) is 10.0 Å². The molecule has 0 fully saturated rings. The van der Waals surface area contributed by atoms with Crippen molar-refractivity contribution in [3.05, 3.63) is 30.1 Å². The van der Waals surface area contributed by atoms with Crippen LogP contribution in [-0.4, -0.2) is 25.5 Å². The van der Waals surface area contributed by atoms with Gasteiger partial charge in [-0.3, -0.25) is 4.79 Å². The Hall–Kier alpha value is -1.47. The second-order valence-corrected chi connectivity index (χ2v) is 5.79. The lowest BCUT2D eigenvalue weighted by Crippen LogP contribution is -2.44. The van der Waals surface area contributed by atoms with Crippen LogP contribution in [-0.2, 0) is 14.8 Å². The molecule has 0 aromatic heterocycles. The third-order valence-corrected chi connectivity index (χ3v) is 3.82. The van der Waals surface area contributed by atoms with Gasteiger partial charge in [0.1, 0.15) is 16.8 Å². The number of halogens is 1. The first-order valence-corrected chi connectivity index (χ1v) is 6.73. The van der Waals surface area contributed by atoms with Crippen LogP contribution in [0.5, 0.6) is 0 Å². The molecule has 0 saturated heterocycles. The van der Waals surface area contributed by atoms with Gasteiger partial charge in [-0.25, -0.2) is 12.8 Å². The third-order valence-electron chi connectivity index (χ3n) is 2.34. The molecule has 0 spiro atoms. The summed E-state index contributed by atoms with van der Waals surface area (Å²) in [5.74, 6) is -2.67. The van der Waals surface area contributed by atoms with E-state index in [-0.39, 0.29) is 0 Å². The van der Waals surface area contributed by atoms with Crippen molar-refractivity contribution in [3.63, 3.8) is 0 Å². The van der Waals surface area contributed by atoms with Gasteiger partial charge in [-0.2, -0.15) is 4.72 Å². The van der Waals surface area contributed by atoms with E-state index in [0.717, 1.165) is 12.1 Å². The second-order valence-electron chi connectivity index (χ2n) is 4.11. The van der Waals surface area contributed by atoms with Gasteiger partial charge in [-0.05, 0) is 18.1 Å². The van der Waals surface area contributed by atoms with Gasteiger partial charge in [0.25, 0.3) is 0 Å². The Bertz CT molecular complexity index is 542. The molecular weight excluding hydrogens is 261 g/mol. The number of carbonyl (C=O) groups is 1. The smallest absolute Gasteiger partial charge is 0.322 e. The fourth-order valence-corrected chi connectivity index (χ4v) is 2.78. The Morgan fingerprint density at radius 3 is 2.33 bits per heavy atom. The fourth-order valence-electron chi connectivity index (χ4n) is 1.36. The highest BCUT2D eigenvalue weighted by atomic mass is 32.2. The Balaban J connectivity index is 3.09. The first-order valence-electron chi connectivity index (χ1n) is 5.25. The Kier molecular flexibility index (Phi) is 4.42. The first-order chi connectivity index (χ1) is 8.25. The van der Waals surface area contributed by atoms with Gasteiger partial charge >= 0.3 is 5.97 Å². The maximum Gasteiger partial charge on any atom is 0.322 e. The van der Waals surface area contributed by atoms with Crippen LogP contribution < -0.4 is 4.72 Å². The molecule has 1 rings (SSSR count). The van der Waals surface area contributed by atoms with Crippen molar-refractivity contribution < 1.29 is 22.7 Å². The minimum absolute atomic E-state index is 0.455. The number of sulfonamides is 1. The van der Waals surface area contributed by atoms with Crippen molar-refractivity contribution in [1.29, 1.82) is 0 Å². The monoisotopic (exact) mass is 275 g/mol. The van der Waals surface area contributed by atoms with Crippen molar-refractivity contribution in [1.82, 2.24) is 4.72 Å². The summed E-state index contributed by atoms with van der Waals surface area (Å²) in [5, 5.41) is 8.90. The molecule has 0 bridgehead atoms. The lowest BCUT2D eigenvalue weighted by molar-refractivity contribution is -0.140. The van der Waals surface area contributed by atoms with Crippen LogP contribution in [0, 0.1) is 11.7 Å². The van der Waals surface area contributed by atoms with Gasteiger partial charge in [0, 0.05) is 0 Å². The zero-order valence-corrected chi connectivity index (χ0v) is 10.7. The van der Waals surface area contributed by atoms with Crippen molar-refractivity contribution in [2.45, 2.75) is 24.8 Å². The summed E-state index contributed by atoms with van der Waals surface area (Å²) < 4.78 is 39.1. The predicted molar refractivity (Wildman–Crippen MR) is 63.0 cm³/mol. The molecule has 0 aliphatic carbocycles. The number of carboxylic acids is 1. The van der Waals surface area contributed by atoms with E-state index in [1.807, 2.05) is 4.72 Å². The normalized spacial score (nSPS) is 13.6. The third kappa shape index (κ3) is 3.27. The zero-order valence-electron chi connectivity index (χ0n) is 9.92. The van der Waals surface area contributed by atoms with Gasteiger partial charge in [0.05, 0.1) is 0 Å². The second kappa shape index (κ2) is 5.45. The number of carboxylic acid groups (broad SMARTS) is 1. The zero-order chi connectivity index (χ0) is 13.9. The van der Waals surface area contributed by atoms with Crippen molar-refractivity contribution in [2.75, 3.05) is 0 Å². The molecule has 1 aromatic rings. The molecule has 2 N–H and O–H groups in total. The minimum Gasteiger partial charge on any atom is -0.480 e. The Labute approximate surface area is 105 Å². The molecule has 0 amide bonds. The molecule has 100 valence electrons. The van der Waals surface area contributed by atoms with E-state index in [4.69, 9.17) is 5.11 Å². The maximum absolute atomic E-state index is 13.4. The molecule has 0 heterocycles. The van der Waals surface area contributed by atoms with Crippen molar-refractivity contribution in [2.24, 2.45) is 5.92 Å². The summed E-state index contributed by atoms with van der Waals surface area (Å²) in [6.07, 6.45) is 0. The van der Waals surface area contributed by atoms with Crippen LogP contribution in [0.3, 0.4) is 0 Å². The molecule has 0 saturated carbocycles. The van der Waals surface area contributed by atoms with E-state index in [1.165, 1.54) is 12.1 Å². The van der Waals surface area contributed by atoms with Crippen LogP contribution in [0.1, 0.15) is 13.8 Å². The summed E-state index contributed by atoms with van der Waals surface area (Å²) in [6, 6.07) is 3.50. The molecule has 18 heavy (non-hydrogen) atoms. The number of benzene rings is 1. The molecule has 1 aromatic carbocycles. The van der Waals surface area contributed by atoms with E-state index in [1.54, 1.807) is 13.8 Å². The topological polar surface area (TPSA) is 83.5 Å². The van der Waals surface area contributed by atoms with Crippen molar-refractivity contribution >= 4 is 16.0 Å². The number of hydrogen-bond acceptors (Lipinski definition) is 3. The van der Waals surface area contributed by atoms with Crippen LogP contribution in [0.15, 0.2) is 29.2 Å². The maximum atomic E-state index is 13.4. The number of aliphatic carboxylic acids is 1. The number of rotatable bonds is 5. The summed E-state index contributed by atoms with van der Waals surface area (Å²) >= 11 is 0. The molecular formula is C11H14FNO4S. The van der Waals surface area contributed by atoms with E-state index < -0.39 is 38.7 Å². The van der Waals surface area contributed by atoms with Gasteiger partial charge in [-0.1, -0.05) is 26.0 Å². The lowest BCUT2D eigenvalue weighted by atomic mass is 10.1. The summed E-state index contributed by atoms with van der Waals surface area (Å²) in [6.45, 7) is 3.12. The Morgan fingerprint density at radius 1 is 1.33 bits per heavy atom. The van der Waals surface area contributed by atoms with Crippen LogP contribution >= 0.6 is 0 Å². The molecule has 0 unspecified atom stereocenters. The van der Waals surface area contributed by atoms with E-state index in [2.05, 4.69) is 0 Å². The largest absolute Gasteiger partial charge is 0.480 e. The van der Waals surface area contributed by atoms with Crippen LogP contribution in [0.2, 0.25) is 0 Å². The summed E-state index contributed by atoms with van der Waals surface area (Å²) in [5.41, 5.74) is 0. The quantitative estimate of drug-likeness (QED) is 0.846. The predicted octanol–water partition coefficient (Wildman–Crippen LogP) is 1.21. The SMILES string of the molecule is CC(C)[C@@H](NS(=O)(=O)c1ccccc1F)C(=O)O. The summed E-state index contributed by atoms with van der Waals surface area (Å²) in [4.78, 5) is 10.4. The van der Waals surface area contributed by atoms with Gasteiger partial charge in [0.15, 0.2) is 0 Å². The first kappa shape index (κ1) is 14.6. The number of nitrogens with one attached hydrogen (secondary N) is 1. The van der Waals surface area contributed by atoms with Crippen LogP contribution in [0.25, 0.3) is 0 Å². The van der Waals surface area contributed by atoms with Gasteiger partial charge in [-0.15, -0.1) is 0 Å². The van der Waals surface area contributed by atoms with Gasteiger partial charge < -0.3 is 5.11 Å². The average Bonchev–Trinajstić information content (AvgIpc) is 2.25.